The number of hydrogen-bond acceptors (Lipinski definition) is 3. The molecule has 1 atom stereocenters. The Morgan fingerprint density at radius 1 is 1.35 bits per heavy atom. The van der Waals surface area contributed by atoms with Gasteiger partial charge < -0.3 is 5.73 Å². The van der Waals surface area contributed by atoms with Gasteiger partial charge in [-0.1, -0.05) is 40.5 Å². The van der Waals surface area contributed by atoms with Gasteiger partial charge in [-0.05, 0) is 42.8 Å². The topological polar surface area (TPSA) is 38.9 Å². The van der Waals surface area contributed by atoms with Crippen LogP contribution in [0.1, 0.15) is 65.5 Å². The number of hydrogen-bond donors (Lipinski definition) is 1. The fraction of sp³-hybridized carbons (Fsp3) is 0.786. The molecule has 0 fully saturated rings. The van der Waals surface area contributed by atoms with Crippen LogP contribution >= 0.6 is 11.5 Å². The number of nitrogen functional groups attached to an aromatic ring is 1. The van der Waals surface area contributed by atoms with Gasteiger partial charge in [-0.15, -0.1) is 0 Å². The second-order valence-electron chi connectivity index (χ2n) is 5.02. The molecule has 0 spiro atoms. The summed E-state index contributed by atoms with van der Waals surface area (Å²) in [5.41, 5.74) is 7.28. The van der Waals surface area contributed by atoms with Crippen molar-refractivity contribution in [1.29, 1.82) is 0 Å². The third-order valence-corrected chi connectivity index (χ3v) is 4.85. The minimum absolute atomic E-state index is 0.225. The van der Waals surface area contributed by atoms with Crippen molar-refractivity contribution >= 4 is 16.5 Å². The summed E-state index contributed by atoms with van der Waals surface area (Å²) in [4.78, 5) is 0. The van der Waals surface area contributed by atoms with Gasteiger partial charge >= 0.3 is 0 Å². The molecule has 2 nitrogen and oxygen atoms in total. The first-order valence-electron chi connectivity index (χ1n) is 6.83. The molecule has 0 radical (unpaired) electrons. The molecular weight excluding hydrogens is 228 g/mol. The molecule has 0 aliphatic heterocycles. The van der Waals surface area contributed by atoms with E-state index in [4.69, 9.17) is 5.73 Å². The molecule has 1 unspecified atom stereocenters. The van der Waals surface area contributed by atoms with Crippen molar-refractivity contribution in [3.05, 3.63) is 11.8 Å². The predicted molar refractivity (Wildman–Crippen MR) is 77.5 cm³/mol. The molecule has 0 saturated carbocycles. The van der Waals surface area contributed by atoms with Gasteiger partial charge in [0.2, 0.25) is 0 Å². The summed E-state index contributed by atoms with van der Waals surface area (Å²) in [5.74, 6) is 0.680. The van der Waals surface area contributed by atoms with Crippen molar-refractivity contribution in [1.82, 2.24) is 4.37 Å². The lowest BCUT2D eigenvalue weighted by atomic mass is 9.68. The highest BCUT2D eigenvalue weighted by Gasteiger charge is 2.36. The molecule has 2 N–H and O–H groups in total. The van der Waals surface area contributed by atoms with E-state index >= 15 is 0 Å². The highest BCUT2D eigenvalue weighted by atomic mass is 32.1. The Kier molecular flexibility index (Phi) is 5.44. The SMILES string of the molecule is CCCCC(C)C(CC)(CC)c1cc(N)sn1. The molecule has 0 saturated heterocycles. The van der Waals surface area contributed by atoms with E-state index in [2.05, 4.69) is 38.1 Å². The average Bonchev–Trinajstić information content (AvgIpc) is 2.76. The van der Waals surface area contributed by atoms with Crippen molar-refractivity contribution in [2.24, 2.45) is 5.92 Å². The monoisotopic (exact) mass is 254 g/mol. The largest absolute Gasteiger partial charge is 0.389 e. The van der Waals surface area contributed by atoms with Gasteiger partial charge in [0.25, 0.3) is 0 Å². The highest BCUT2D eigenvalue weighted by Crippen LogP contribution is 2.41. The standard InChI is InChI=1S/C14H26N2S/c1-5-8-9-11(4)14(6-2,7-3)12-10-13(15)17-16-12/h10-11H,5-9,15H2,1-4H3. The minimum Gasteiger partial charge on any atom is -0.389 e. The summed E-state index contributed by atoms with van der Waals surface area (Å²) in [5, 5.41) is 0.842. The van der Waals surface area contributed by atoms with Gasteiger partial charge in [-0.2, -0.15) is 4.37 Å². The first-order chi connectivity index (χ1) is 8.10. The smallest absolute Gasteiger partial charge is 0.107 e. The van der Waals surface area contributed by atoms with E-state index in [9.17, 15) is 0 Å². The van der Waals surface area contributed by atoms with Crippen LogP contribution in [0.5, 0.6) is 0 Å². The molecule has 1 aromatic heterocycles. The third kappa shape index (κ3) is 3.01. The summed E-state index contributed by atoms with van der Waals surface area (Å²) in [6.07, 6.45) is 6.17. The van der Waals surface area contributed by atoms with Crippen LogP contribution in [0.3, 0.4) is 0 Å². The summed E-state index contributed by atoms with van der Waals surface area (Å²) >= 11 is 1.43. The Hall–Kier alpha value is -0.570. The van der Waals surface area contributed by atoms with Gasteiger partial charge in [0, 0.05) is 5.41 Å². The van der Waals surface area contributed by atoms with Crippen LogP contribution in [-0.4, -0.2) is 4.37 Å². The van der Waals surface area contributed by atoms with Crippen LogP contribution in [0.2, 0.25) is 0 Å². The van der Waals surface area contributed by atoms with Gasteiger partial charge in [-0.25, -0.2) is 0 Å². The van der Waals surface area contributed by atoms with Crippen LogP contribution in [0, 0.1) is 5.92 Å². The molecule has 1 heterocycles. The van der Waals surface area contributed by atoms with Crippen LogP contribution in [0.25, 0.3) is 0 Å². The van der Waals surface area contributed by atoms with Crippen LogP contribution in [0.15, 0.2) is 6.07 Å². The normalized spacial score (nSPS) is 13.9. The number of nitrogens with two attached hydrogens (primary N) is 1. The quantitative estimate of drug-likeness (QED) is 0.771. The molecule has 0 amide bonds. The fourth-order valence-electron chi connectivity index (χ4n) is 2.87. The summed E-state index contributed by atoms with van der Waals surface area (Å²) in [6.45, 7) is 9.19. The van der Waals surface area contributed by atoms with E-state index in [1.54, 1.807) is 0 Å². The maximum atomic E-state index is 5.84. The third-order valence-electron chi connectivity index (χ3n) is 4.23. The lowest BCUT2D eigenvalue weighted by Crippen LogP contribution is -2.33. The van der Waals surface area contributed by atoms with Crippen molar-refractivity contribution < 1.29 is 0 Å². The number of rotatable bonds is 7. The number of nitrogens with zero attached hydrogens (tertiary/aromatic N) is 1. The number of unbranched alkanes of at least 4 members (excludes halogenated alkanes) is 1. The first kappa shape index (κ1) is 14.5. The van der Waals surface area contributed by atoms with E-state index in [0.29, 0.717) is 5.92 Å². The Bertz CT molecular complexity index is 329. The van der Waals surface area contributed by atoms with E-state index in [1.165, 1.54) is 36.5 Å². The second-order valence-corrected chi connectivity index (χ2v) is 5.86. The molecule has 1 rings (SSSR count). The molecule has 0 aliphatic rings. The molecule has 0 aromatic carbocycles. The van der Waals surface area contributed by atoms with Crippen LogP contribution < -0.4 is 5.73 Å². The van der Waals surface area contributed by atoms with E-state index in [1.807, 2.05) is 0 Å². The first-order valence-corrected chi connectivity index (χ1v) is 7.60. The molecule has 98 valence electrons. The molecule has 1 aromatic rings. The van der Waals surface area contributed by atoms with E-state index in [-0.39, 0.29) is 5.41 Å². The maximum absolute atomic E-state index is 5.84. The fourth-order valence-corrected chi connectivity index (χ4v) is 3.47. The Morgan fingerprint density at radius 3 is 2.41 bits per heavy atom. The zero-order valence-electron chi connectivity index (χ0n) is 11.6. The van der Waals surface area contributed by atoms with E-state index < -0.39 is 0 Å². The second kappa shape index (κ2) is 6.39. The zero-order valence-corrected chi connectivity index (χ0v) is 12.4. The van der Waals surface area contributed by atoms with Crippen molar-refractivity contribution in [2.45, 2.75) is 65.2 Å². The minimum atomic E-state index is 0.225. The summed E-state index contributed by atoms with van der Waals surface area (Å²) in [7, 11) is 0. The summed E-state index contributed by atoms with van der Waals surface area (Å²) < 4.78 is 4.58. The Balaban J connectivity index is 2.95. The molecule has 0 bridgehead atoms. The van der Waals surface area contributed by atoms with Crippen molar-refractivity contribution in [3.63, 3.8) is 0 Å². The van der Waals surface area contributed by atoms with Crippen LogP contribution in [-0.2, 0) is 5.41 Å². The van der Waals surface area contributed by atoms with Crippen LogP contribution in [0.4, 0.5) is 5.00 Å². The van der Waals surface area contributed by atoms with Gasteiger partial charge in [0.05, 0.1) is 5.69 Å². The Labute approximate surface area is 110 Å². The van der Waals surface area contributed by atoms with Gasteiger partial charge in [0.1, 0.15) is 5.00 Å². The van der Waals surface area contributed by atoms with Crippen molar-refractivity contribution in [3.8, 4) is 0 Å². The van der Waals surface area contributed by atoms with E-state index in [0.717, 1.165) is 17.8 Å². The average molecular weight is 254 g/mol. The lowest BCUT2D eigenvalue weighted by Gasteiger charge is -2.36. The number of anilines is 1. The molecule has 17 heavy (non-hydrogen) atoms. The molecule has 3 heteroatoms. The predicted octanol–water partition coefficient (Wildman–Crippen LogP) is 4.61. The molecular formula is C14H26N2S. The maximum Gasteiger partial charge on any atom is 0.107 e. The molecule has 0 aliphatic carbocycles. The van der Waals surface area contributed by atoms with Gasteiger partial charge in [0.15, 0.2) is 0 Å². The Morgan fingerprint density at radius 2 is 2.00 bits per heavy atom. The van der Waals surface area contributed by atoms with Crippen molar-refractivity contribution in [2.75, 3.05) is 5.73 Å². The zero-order chi connectivity index (χ0) is 12.9. The van der Waals surface area contributed by atoms with Gasteiger partial charge in [-0.3, -0.25) is 0 Å². The summed E-state index contributed by atoms with van der Waals surface area (Å²) in [6, 6.07) is 2.08. The lowest BCUT2D eigenvalue weighted by molar-refractivity contribution is 0.241. The highest BCUT2D eigenvalue weighted by molar-refractivity contribution is 7.10. The number of aromatic nitrogens is 1.